The molecule has 0 radical (unpaired) electrons. The van der Waals surface area contributed by atoms with Gasteiger partial charge in [0, 0.05) is 35.3 Å². The highest BCUT2D eigenvalue weighted by atomic mass is 35.5. The number of anilines is 1. The number of carbonyl (C=O) groups excluding carboxylic acids is 2. The molecule has 2 aromatic rings. The lowest BCUT2D eigenvalue weighted by molar-refractivity contribution is -0.384. The number of unbranched alkanes of at least 4 members (excludes halogenated alkanes) is 1. The molecule has 0 heterocycles. The van der Waals surface area contributed by atoms with Gasteiger partial charge in [-0.2, -0.15) is 0 Å². The smallest absolute Gasteiger partial charge is 0.271 e. The summed E-state index contributed by atoms with van der Waals surface area (Å²) in [7, 11) is -4.03. The predicted molar refractivity (Wildman–Crippen MR) is 144 cm³/mol. The Morgan fingerprint density at radius 1 is 1.14 bits per heavy atom. The van der Waals surface area contributed by atoms with E-state index >= 15 is 0 Å². The fourth-order valence-corrected chi connectivity index (χ4v) is 4.94. The zero-order chi connectivity index (χ0) is 27.8. The lowest BCUT2D eigenvalue weighted by Gasteiger charge is -2.33. The van der Waals surface area contributed by atoms with Crippen molar-refractivity contribution in [2.45, 2.75) is 45.7 Å². The van der Waals surface area contributed by atoms with Crippen molar-refractivity contribution in [2.75, 3.05) is 23.7 Å². The summed E-state index contributed by atoms with van der Waals surface area (Å²) in [6, 6.07) is 8.80. The summed E-state index contributed by atoms with van der Waals surface area (Å²) in [5.41, 5.74) is 0.139. The summed E-state index contributed by atoms with van der Waals surface area (Å²) in [4.78, 5) is 38.5. The van der Waals surface area contributed by atoms with Crippen LogP contribution in [0.4, 0.5) is 11.4 Å². The fourth-order valence-electron chi connectivity index (χ4n) is 3.63. The van der Waals surface area contributed by atoms with Crippen LogP contribution in [0.15, 0.2) is 42.5 Å². The van der Waals surface area contributed by atoms with Crippen molar-refractivity contribution in [2.24, 2.45) is 0 Å². The summed E-state index contributed by atoms with van der Waals surface area (Å²) in [6.45, 7) is 3.39. The van der Waals surface area contributed by atoms with Crippen LogP contribution in [0.3, 0.4) is 0 Å². The molecular weight excluding hydrogens is 543 g/mol. The maximum atomic E-state index is 13.6. The molecule has 37 heavy (non-hydrogen) atoms. The molecule has 2 amide bonds. The quantitative estimate of drug-likeness (QED) is 0.215. The molecule has 0 aliphatic rings. The third-order valence-corrected chi connectivity index (χ3v) is 7.31. The Morgan fingerprint density at radius 2 is 1.84 bits per heavy atom. The zero-order valence-corrected chi connectivity index (χ0v) is 23.1. The second-order valence-corrected chi connectivity index (χ2v) is 11.1. The standard InChI is InChI=1S/C24H30Cl2N4O6S/c1-4-6-12-27-24(32)22(5-2)28(15-17-10-11-18(25)13-21(17)26)23(31)16-29(37(3,35)36)19-8-7-9-20(14-19)30(33)34/h7-11,13-14,22H,4-6,12,15-16H2,1-3H3,(H,27,32). The van der Waals surface area contributed by atoms with Gasteiger partial charge in [-0.25, -0.2) is 8.42 Å². The van der Waals surface area contributed by atoms with Crippen LogP contribution in [-0.2, 0) is 26.2 Å². The second kappa shape index (κ2) is 13.6. The number of nitro benzene ring substituents is 1. The monoisotopic (exact) mass is 572 g/mol. The van der Waals surface area contributed by atoms with Crippen molar-refractivity contribution in [3.8, 4) is 0 Å². The second-order valence-electron chi connectivity index (χ2n) is 8.37. The van der Waals surface area contributed by atoms with Gasteiger partial charge in [0.1, 0.15) is 12.6 Å². The topological polar surface area (TPSA) is 130 Å². The summed E-state index contributed by atoms with van der Waals surface area (Å²) in [5, 5.41) is 14.7. The van der Waals surface area contributed by atoms with Gasteiger partial charge in [-0.1, -0.05) is 55.6 Å². The van der Waals surface area contributed by atoms with Crippen molar-refractivity contribution in [1.29, 1.82) is 0 Å². The number of nitrogens with zero attached hydrogens (tertiary/aromatic N) is 3. The van der Waals surface area contributed by atoms with Gasteiger partial charge in [0.15, 0.2) is 0 Å². The Balaban J connectivity index is 2.48. The van der Waals surface area contributed by atoms with Crippen LogP contribution in [0.5, 0.6) is 0 Å². The van der Waals surface area contributed by atoms with E-state index in [1.807, 2.05) is 6.92 Å². The molecule has 2 aromatic carbocycles. The number of non-ortho nitro benzene ring substituents is 1. The number of nitro groups is 1. The van der Waals surface area contributed by atoms with Crippen molar-refractivity contribution in [1.82, 2.24) is 10.2 Å². The van der Waals surface area contributed by atoms with Crippen LogP contribution in [-0.4, -0.2) is 55.4 Å². The van der Waals surface area contributed by atoms with Crippen LogP contribution >= 0.6 is 23.2 Å². The van der Waals surface area contributed by atoms with Gasteiger partial charge in [-0.3, -0.25) is 24.0 Å². The Hall–Kier alpha value is -2.89. The number of sulfonamides is 1. The molecule has 0 spiro atoms. The summed E-state index contributed by atoms with van der Waals surface area (Å²) >= 11 is 12.3. The molecule has 0 bridgehead atoms. The average molecular weight is 573 g/mol. The number of hydrogen-bond acceptors (Lipinski definition) is 6. The molecule has 0 saturated heterocycles. The SMILES string of the molecule is CCCCNC(=O)C(CC)N(Cc1ccc(Cl)cc1Cl)C(=O)CN(c1cccc([N+](=O)[O-])c1)S(C)(=O)=O. The Labute approximate surface area is 226 Å². The van der Waals surface area contributed by atoms with E-state index in [1.54, 1.807) is 19.1 Å². The highest BCUT2D eigenvalue weighted by Gasteiger charge is 2.32. The Kier molecular flexibility index (Phi) is 11.1. The first-order valence-electron chi connectivity index (χ1n) is 11.6. The van der Waals surface area contributed by atoms with Crippen LogP contribution in [0.25, 0.3) is 0 Å². The lowest BCUT2D eigenvalue weighted by atomic mass is 10.1. The molecule has 13 heteroatoms. The number of rotatable bonds is 13. The van der Waals surface area contributed by atoms with Crippen LogP contribution in [0, 0.1) is 10.1 Å². The number of halogens is 2. The summed E-state index contributed by atoms with van der Waals surface area (Å²) < 4.78 is 26.1. The molecule has 0 saturated carbocycles. The van der Waals surface area contributed by atoms with Crippen LogP contribution < -0.4 is 9.62 Å². The number of nitrogens with one attached hydrogen (secondary N) is 1. The molecule has 1 N–H and O–H groups in total. The lowest BCUT2D eigenvalue weighted by Crippen LogP contribution is -2.52. The van der Waals surface area contributed by atoms with Crippen molar-refractivity contribution < 1.29 is 22.9 Å². The molecule has 10 nitrogen and oxygen atoms in total. The van der Waals surface area contributed by atoms with Gasteiger partial charge < -0.3 is 10.2 Å². The third kappa shape index (κ3) is 8.58. The van der Waals surface area contributed by atoms with E-state index < -0.39 is 33.4 Å². The molecule has 0 aliphatic carbocycles. The highest BCUT2D eigenvalue weighted by Crippen LogP contribution is 2.26. The minimum absolute atomic E-state index is 0.0463. The minimum atomic E-state index is -4.03. The number of carbonyl (C=O) groups is 2. The molecule has 0 fully saturated rings. The molecule has 1 unspecified atom stereocenters. The van der Waals surface area contributed by atoms with Gasteiger partial charge >= 0.3 is 0 Å². The Morgan fingerprint density at radius 3 is 2.41 bits per heavy atom. The van der Waals surface area contributed by atoms with E-state index in [2.05, 4.69) is 5.32 Å². The van der Waals surface area contributed by atoms with Crippen molar-refractivity contribution in [3.63, 3.8) is 0 Å². The molecule has 2 rings (SSSR count). The summed E-state index contributed by atoms with van der Waals surface area (Å²) in [6.07, 6.45) is 2.78. The molecule has 0 aromatic heterocycles. The van der Waals surface area contributed by atoms with Gasteiger partial charge in [0.2, 0.25) is 21.8 Å². The average Bonchev–Trinajstić information content (AvgIpc) is 2.83. The van der Waals surface area contributed by atoms with Gasteiger partial charge in [0.05, 0.1) is 16.9 Å². The van der Waals surface area contributed by atoms with E-state index in [9.17, 15) is 28.1 Å². The first-order valence-corrected chi connectivity index (χ1v) is 14.2. The molecular formula is C24H30Cl2N4O6S. The fraction of sp³-hybridized carbons (Fsp3) is 0.417. The Bertz CT molecular complexity index is 1240. The predicted octanol–water partition coefficient (Wildman–Crippen LogP) is 4.39. The molecule has 1 atom stereocenters. The minimum Gasteiger partial charge on any atom is -0.354 e. The maximum absolute atomic E-state index is 13.6. The number of hydrogen-bond donors (Lipinski definition) is 1. The van der Waals surface area contributed by atoms with E-state index in [0.29, 0.717) is 17.1 Å². The number of amides is 2. The molecule has 202 valence electrons. The third-order valence-electron chi connectivity index (χ3n) is 5.58. The maximum Gasteiger partial charge on any atom is 0.271 e. The molecule has 0 aliphatic heterocycles. The van der Waals surface area contributed by atoms with Gasteiger partial charge in [-0.15, -0.1) is 0 Å². The number of benzene rings is 2. The van der Waals surface area contributed by atoms with Gasteiger partial charge in [-0.05, 0) is 36.6 Å². The largest absolute Gasteiger partial charge is 0.354 e. The van der Waals surface area contributed by atoms with E-state index in [-0.39, 0.29) is 35.3 Å². The van der Waals surface area contributed by atoms with Crippen LogP contribution in [0.1, 0.15) is 38.7 Å². The van der Waals surface area contributed by atoms with E-state index in [1.165, 1.54) is 29.2 Å². The first kappa shape index (κ1) is 30.3. The zero-order valence-electron chi connectivity index (χ0n) is 20.8. The van der Waals surface area contributed by atoms with Gasteiger partial charge in [0.25, 0.3) is 5.69 Å². The van der Waals surface area contributed by atoms with Crippen LogP contribution in [0.2, 0.25) is 10.0 Å². The van der Waals surface area contributed by atoms with E-state index in [0.717, 1.165) is 29.5 Å². The normalized spacial score (nSPS) is 12.0. The van der Waals surface area contributed by atoms with E-state index in [4.69, 9.17) is 23.2 Å². The highest BCUT2D eigenvalue weighted by molar-refractivity contribution is 7.92. The van der Waals surface area contributed by atoms with Crippen molar-refractivity contribution >= 4 is 56.4 Å². The first-order chi connectivity index (χ1) is 17.4. The summed E-state index contributed by atoms with van der Waals surface area (Å²) in [5.74, 6) is -1.06. The van der Waals surface area contributed by atoms with Crippen molar-refractivity contribution in [3.05, 3.63) is 68.2 Å².